The molecule has 2 rings (SSSR count). The molecule has 12 heavy (non-hydrogen) atoms. The Balaban J connectivity index is 2.37. The van der Waals surface area contributed by atoms with Gasteiger partial charge in [-0.25, -0.2) is 0 Å². The van der Waals surface area contributed by atoms with Crippen molar-refractivity contribution in [1.82, 2.24) is 0 Å². The average molecular weight is 180 g/mol. The van der Waals surface area contributed by atoms with E-state index in [1.165, 1.54) is 11.1 Å². The maximum absolute atomic E-state index is 6.03. The van der Waals surface area contributed by atoms with Crippen molar-refractivity contribution in [3.8, 4) is 0 Å². The van der Waals surface area contributed by atoms with Gasteiger partial charge in [-0.3, -0.25) is 4.99 Å². The molecule has 0 radical (unpaired) electrons. The van der Waals surface area contributed by atoms with E-state index in [-0.39, 0.29) is 0 Å². The minimum atomic E-state index is 0.370. The summed E-state index contributed by atoms with van der Waals surface area (Å²) in [6, 6.07) is 0. The normalized spacial score (nSPS) is 27.2. The Morgan fingerprint density at radius 2 is 2.33 bits per heavy atom. The number of halogens is 1. The SMILES string of the molecule is CC1=CC=C2C=NC=C(Cl)C2C1. The first-order valence-electron chi connectivity index (χ1n) is 4.03. The molecule has 0 aromatic carbocycles. The van der Waals surface area contributed by atoms with Gasteiger partial charge in [0.15, 0.2) is 0 Å². The number of hydrogen-bond donors (Lipinski definition) is 0. The van der Waals surface area contributed by atoms with E-state index in [9.17, 15) is 0 Å². The zero-order valence-corrected chi connectivity index (χ0v) is 7.67. The summed E-state index contributed by atoms with van der Waals surface area (Å²) in [5.74, 6) is 0.370. The summed E-state index contributed by atoms with van der Waals surface area (Å²) in [6.07, 6.45) is 8.89. The summed E-state index contributed by atoms with van der Waals surface area (Å²) < 4.78 is 0. The van der Waals surface area contributed by atoms with Gasteiger partial charge in [0.25, 0.3) is 0 Å². The van der Waals surface area contributed by atoms with Crippen LogP contribution >= 0.6 is 11.6 Å². The molecule has 0 aromatic rings. The lowest BCUT2D eigenvalue weighted by molar-refractivity contribution is 0.741. The van der Waals surface area contributed by atoms with Gasteiger partial charge >= 0.3 is 0 Å². The number of allylic oxidation sites excluding steroid dienone is 5. The molecular formula is C10H10ClN. The molecule has 62 valence electrons. The molecule has 1 aliphatic heterocycles. The van der Waals surface area contributed by atoms with Crippen molar-refractivity contribution in [3.05, 3.63) is 34.5 Å². The number of fused-ring (bicyclic) bond motifs is 1. The van der Waals surface area contributed by atoms with Crippen molar-refractivity contribution in [1.29, 1.82) is 0 Å². The molecule has 2 heteroatoms. The van der Waals surface area contributed by atoms with Crippen molar-refractivity contribution in [2.75, 3.05) is 0 Å². The molecule has 1 heterocycles. The maximum Gasteiger partial charge on any atom is 0.0442 e. The lowest BCUT2D eigenvalue weighted by Crippen LogP contribution is -2.12. The van der Waals surface area contributed by atoms with Gasteiger partial charge in [0.2, 0.25) is 0 Å². The van der Waals surface area contributed by atoms with Gasteiger partial charge in [-0.05, 0) is 18.9 Å². The maximum atomic E-state index is 6.03. The van der Waals surface area contributed by atoms with Crippen LogP contribution in [0.25, 0.3) is 0 Å². The van der Waals surface area contributed by atoms with Crippen LogP contribution in [0.4, 0.5) is 0 Å². The highest BCUT2D eigenvalue weighted by Crippen LogP contribution is 2.34. The Bertz CT molecular complexity index is 321. The number of hydrogen-bond acceptors (Lipinski definition) is 1. The fourth-order valence-corrected chi connectivity index (χ4v) is 1.80. The molecule has 0 aromatic heterocycles. The van der Waals surface area contributed by atoms with E-state index in [0.29, 0.717) is 5.92 Å². The molecule has 0 bridgehead atoms. The minimum Gasteiger partial charge on any atom is -0.263 e. The minimum absolute atomic E-state index is 0.370. The number of rotatable bonds is 0. The second-order valence-electron chi connectivity index (χ2n) is 3.23. The largest absolute Gasteiger partial charge is 0.263 e. The Morgan fingerprint density at radius 3 is 3.17 bits per heavy atom. The molecule has 0 spiro atoms. The average Bonchev–Trinajstić information content (AvgIpc) is 2.07. The van der Waals surface area contributed by atoms with E-state index >= 15 is 0 Å². The zero-order valence-electron chi connectivity index (χ0n) is 6.92. The van der Waals surface area contributed by atoms with E-state index < -0.39 is 0 Å². The first-order valence-corrected chi connectivity index (χ1v) is 4.41. The molecule has 1 nitrogen and oxygen atoms in total. The fraction of sp³-hybridized carbons (Fsp3) is 0.300. The van der Waals surface area contributed by atoms with Crippen LogP contribution in [0.2, 0.25) is 0 Å². The summed E-state index contributed by atoms with van der Waals surface area (Å²) in [5, 5.41) is 0.858. The van der Waals surface area contributed by atoms with Crippen molar-refractivity contribution < 1.29 is 0 Å². The van der Waals surface area contributed by atoms with E-state index in [2.05, 4.69) is 24.1 Å². The number of nitrogens with zero attached hydrogens (tertiary/aromatic N) is 1. The molecule has 0 amide bonds. The quantitative estimate of drug-likeness (QED) is 0.542. The zero-order chi connectivity index (χ0) is 8.55. The highest BCUT2D eigenvalue weighted by atomic mass is 35.5. The van der Waals surface area contributed by atoms with E-state index in [1.54, 1.807) is 6.20 Å². The van der Waals surface area contributed by atoms with Crippen LogP contribution in [0.15, 0.2) is 39.5 Å². The third-order valence-corrected chi connectivity index (χ3v) is 2.60. The van der Waals surface area contributed by atoms with Gasteiger partial charge in [-0.1, -0.05) is 29.3 Å². The second-order valence-corrected chi connectivity index (χ2v) is 3.66. The molecule has 1 unspecified atom stereocenters. The van der Waals surface area contributed by atoms with Gasteiger partial charge in [0.1, 0.15) is 0 Å². The topological polar surface area (TPSA) is 12.4 Å². The predicted octanol–water partition coefficient (Wildman–Crippen LogP) is 3.04. The van der Waals surface area contributed by atoms with Crippen LogP contribution in [0.1, 0.15) is 13.3 Å². The highest BCUT2D eigenvalue weighted by molar-refractivity contribution is 6.30. The van der Waals surface area contributed by atoms with Gasteiger partial charge in [0, 0.05) is 23.4 Å². The molecule has 0 fully saturated rings. The Kier molecular flexibility index (Phi) is 1.89. The Morgan fingerprint density at radius 1 is 1.50 bits per heavy atom. The first kappa shape index (κ1) is 7.81. The third-order valence-electron chi connectivity index (χ3n) is 2.24. The van der Waals surface area contributed by atoms with Crippen molar-refractivity contribution in [3.63, 3.8) is 0 Å². The molecule has 0 saturated heterocycles. The summed E-state index contributed by atoms with van der Waals surface area (Å²) in [6.45, 7) is 2.13. The van der Waals surface area contributed by atoms with Crippen molar-refractivity contribution in [2.45, 2.75) is 13.3 Å². The molecule has 1 aliphatic carbocycles. The molecule has 1 atom stereocenters. The van der Waals surface area contributed by atoms with Crippen LogP contribution in [-0.4, -0.2) is 6.21 Å². The molecule has 0 N–H and O–H groups in total. The van der Waals surface area contributed by atoms with Crippen LogP contribution < -0.4 is 0 Å². The molecular weight excluding hydrogens is 170 g/mol. The lowest BCUT2D eigenvalue weighted by atomic mass is 9.87. The Hall–Kier alpha value is -0.820. The number of aliphatic imine (C=N–C) groups is 1. The van der Waals surface area contributed by atoms with Crippen LogP contribution in [0, 0.1) is 5.92 Å². The monoisotopic (exact) mass is 179 g/mol. The summed E-state index contributed by atoms with van der Waals surface area (Å²) in [4.78, 5) is 4.05. The summed E-state index contributed by atoms with van der Waals surface area (Å²) >= 11 is 6.03. The van der Waals surface area contributed by atoms with Crippen LogP contribution in [0.5, 0.6) is 0 Å². The smallest absolute Gasteiger partial charge is 0.0442 e. The van der Waals surface area contributed by atoms with Gasteiger partial charge < -0.3 is 0 Å². The lowest BCUT2D eigenvalue weighted by Gasteiger charge is -2.22. The van der Waals surface area contributed by atoms with Crippen LogP contribution in [-0.2, 0) is 0 Å². The van der Waals surface area contributed by atoms with Crippen molar-refractivity contribution in [2.24, 2.45) is 10.9 Å². The van der Waals surface area contributed by atoms with E-state index in [1.807, 2.05) is 6.21 Å². The fourth-order valence-electron chi connectivity index (χ4n) is 1.54. The van der Waals surface area contributed by atoms with Gasteiger partial charge in [-0.2, -0.15) is 0 Å². The van der Waals surface area contributed by atoms with Gasteiger partial charge in [-0.15, -0.1) is 0 Å². The summed E-state index contributed by atoms with van der Waals surface area (Å²) in [5.41, 5.74) is 2.61. The van der Waals surface area contributed by atoms with E-state index in [4.69, 9.17) is 11.6 Å². The molecule has 2 aliphatic rings. The predicted molar refractivity (Wildman–Crippen MR) is 52.4 cm³/mol. The first-order chi connectivity index (χ1) is 5.77. The van der Waals surface area contributed by atoms with Crippen LogP contribution in [0.3, 0.4) is 0 Å². The standard InChI is InChI=1S/C10H10ClN/c1-7-2-3-8-5-12-6-10(11)9(8)4-7/h2-3,5-6,9H,4H2,1H3. The molecule has 0 saturated carbocycles. The highest BCUT2D eigenvalue weighted by Gasteiger charge is 2.21. The second kappa shape index (κ2) is 2.91. The third kappa shape index (κ3) is 1.25. The summed E-state index contributed by atoms with van der Waals surface area (Å²) in [7, 11) is 0. The Labute approximate surface area is 77.1 Å². The van der Waals surface area contributed by atoms with E-state index in [0.717, 1.165) is 11.5 Å². The van der Waals surface area contributed by atoms with Gasteiger partial charge in [0.05, 0.1) is 0 Å². The van der Waals surface area contributed by atoms with Crippen molar-refractivity contribution >= 4 is 17.8 Å².